The van der Waals surface area contributed by atoms with Gasteiger partial charge in [0.25, 0.3) is 0 Å². The van der Waals surface area contributed by atoms with E-state index in [2.05, 4.69) is 59.7 Å². The number of nitrogens with two attached hydrogens (primary N) is 2. The van der Waals surface area contributed by atoms with Crippen molar-refractivity contribution in [2.75, 3.05) is 6.54 Å². The van der Waals surface area contributed by atoms with Crippen molar-refractivity contribution in [2.24, 2.45) is 11.5 Å². The van der Waals surface area contributed by atoms with Crippen LogP contribution in [0.2, 0.25) is 0 Å². The van der Waals surface area contributed by atoms with E-state index in [0.29, 0.717) is 6.54 Å². The van der Waals surface area contributed by atoms with Gasteiger partial charge in [-0.1, -0.05) is 59.7 Å². The summed E-state index contributed by atoms with van der Waals surface area (Å²) in [6.45, 7) is 13.9. The molecule has 4 N–H and O–H groups in total. The first-order valence-corrected chi connectivity index (χ1v) is 6.67. The summed E-state index contributed by atoms with van der Waals surface area (Å²) in [6, 6.07) is 6.63. The van der Waals surface area contributed by atoms with Crippen molar-refractivity contribution >= 4 is 0 Å². The lowest BCUT2D eigenvalue weighted by molar-refractivity contribution is 0.564. The van der Waals surface area contributed by atoms with Crippen LogP contribution in [0, 0.1) is 0 Å². The van der Waals surface area contributed by atoms with Gasteiger partial charge in [-0.3, -0.25) is 0 Å². The van der Waals surface area contributed by atoms with Crippen molar-refractivity contribution in [1.29, 1.82) is 0 Å². The van der Waals surface area contributed by atoms with Crippen molar-refractivity contribution in [3.63, 3.8) is 0 Å². The smallest absolute Gasteiger partial charge is 0.0419 e. The first-order valence-electron chi connectivity index (χ1n) is 6.67. The molecule has 1 atom stereocenters. The molecule has 0 heterocycles. The second-order valence-corrected chi connectivity index (χ2v) is 7.19. The van der Waals surface area contributed by atoms with Gasteiger partial charge in [0.1, 0.15) is 0 Å². The van der Waals surface area contributed by atoms with E-state index in [-0.39, 0.29) is 16.9 Å². The number of hydrogen-bond acceptors (Lipinski definition) is 2. The maximum atomic E-state index is 6.09. The summed E-state index contributed by atoms with van der Waals surface area (Å²) in [5.74, 6) is 0. The Balaban J connectivity index is 3.39. The summed E-state index contributed by atoms with van der Waals surface area (Å²) in [6.07, 6.45) is 0. The van der Waals surface area contributed by atoms with Crippen LogP contribution in [0.25, 0.3) is 0 Å². The highest BCUT2D eigenvalue weighted by molar-refractivity contribution is 5.38. The number of rotatable bonds is 2. The Morgan fingerprint density at radius 3 is 1.56 bits per heavy atom. The minimum absolute atomic E-state index is 0.0756. The van der Waals surface area contributed by atoms with Gasteiger partial charge in [0.05, 0.1) is 0 Å². The highest BCUT2D eigenvalue weighted by atomic mass is 14.7. The van der Waals surface area contributed by atoms with Crippen LogP contribution in [0.15, 0.2) is 18.2 Å². The van der Waals surface area contributed by atoms with Crippen molar-refractivity contribution < 1.29 is 0 Å². The van der Waals surface area contributed by atoms with Crippen molar-refractivity contribution in [3.05, 3.63) is 34.9 Å². The lowest BCUT2D eigenvalue weighted by Crippen LogP contribution is -2.23. The van der Waals surface area contributed by atoms with E-state index in [1.165, 1.54) is 11.1 Å². The maximum absolute atomic E-state index is 6.09. The molecule has 1 rings (SSSR count). The molecule has 0 aromatic heterocycles. The molecule has 2 heteroatoms. The maximum Gasteiger partial charge on any atom is 0.0419 e. The highest BCUT2D eigenvalue weighted by Gasteiger charge is 2.21. The Kier molecular flexibility index (Phi) is 4.24. The third-order valence-electron chi connectivity index (χ3n) is 3.37. The van der Waals surface area contributed by atoms with E-state index in [1.54, 1.807) is 0 Å². The standard InChI is InChI=1S/C16H28N2/c1-15(2,3)12-7-11(14(18)10-17)8-13(9-12)16(4,5)6/h7-9,14H,10,17-18H2,1-6H3. The van der Waals surface area contributed by atoms with Gasteiger partial charge in [-0.2, -0.15) is 0 Å². The molecular formula is C16H28N2. The quantitative estimate of drug-likeness (QED) is 0.844. The molecule has 0 fully saturated rings. The SMILES string of the molecule is CC(C)(C)c1cc(C(N)CN)cc(C(C)(C)C)c1. The number of benzene rings is 1. The minimum atomic E-state index is -0.0756. The molecule has 1 unspecified atom stereocenters. The molecule has 0 aliphatic carbocycles. The molecule has 0 aliphatic rings. The molecule has 0 saturated heterocycles. The van der Waals surface area contributed by atoms with Gasteiger partial charge in [-0.15, -0.1) is 0 Å². The van der Waals surface area contributed by atoms with E-state index < -0.39 is 0 Å². The van der Waals surface area contributed by atoms with Gasteiger partial charge in [-0.25, -0.2) is 0 Å². The summed E-state index contributed by atoms with van der Waals surface area (Å²) in [7, 11) is 0. The normalized spacial score (nSPS) is 14.7. The van der Waals surface area contributed by atoms with Crippen molar-refractivity contribution in [2.45, 2.75) is 58.4 Å². The van der Waals surface area contributed by atoms with Crippen LogP contribution >= 0.6 is 0 Å². The molecule has 0 radical (unpaired) electrons. The molecular weight excluding hydrogens is 220 g/mol. The molecule has 102 valence electrons. The van der Waals surface area contributed by atoms with Crippen LogP contribution in [0.4, 0.5) is 0 Å². The highest BCUT2D eigenvalue weighted by Crippen LogP contribution is 2.31. The summed E-state index contributed by atoms with van der Waals surface area (Å²) in [5, 5.41) is 0. The molecule has 18 heavy (non-hydrogen) atoms. The van der Waals surface area contributed by atoms with Gasteiger partial charge in [-0.05, 0) is 27.5 Å². The fourth-order valence-electron chi connectivity index (χ4n) is 1.87. The molecule has 0 bridgehead atoms. The fourth-order valence-corrected chi connectivity index (χ4v) is 1.87. The average molecular weight is 248 g/mol. The lowest BCUT2D eigenvalue weighted by atomic mass is 9.79. The average Bonchev–Trinajstić information content (AvgIpc) is 2.25. The predicted molar refractivity (Wildman–Crippen MR) is 79.8 cm³/mol. The van der Waals surface area contributed by atoms with E-state index in [9.17, 15) is 0 Å². The zero-order valence-electron chi connectivity index (χ0n) is 12.7. The van der Waals surface area contributed by atoms with Gasteiger partial charge in [0.2, 0.25) is 0 Å². The Hall–Kier alpha value is -0.860. The topological polar surface area (TPSA) is 52.0 Å². The Bertz CT molecular complexity index is 376. The summed E-state index contributed by atoms with van der Waals surface area (Å²) < 4.78 is 0. The number of hydrogen-bond donors (Lipinski definition) is 2. The lowest BCUT2D eigenvalue weighted by Gasteiger charge is -2.27. The predicted octanol–water partition coefficient (Wildman–Crippen LogP) is 3.24. The van der Waals surface area contributed by atoms with Crippen LogP contribution in [-0.4, -0.2) is 6.54 Å². The van der Waals surface area contributed by atoms with Crippen molar-refractivity contribution in [3.8, 4) is 0 Å². The van der Waals surface area contributed by atoms with E-state index in [4.69, 9.17) is 11.5 Å². The summed E-state index contributed by atoms with van der Waals surface area (Å²) in [5.41, 5.74) is 15.9. The first kappa shape index (κ1) is 15.2. The molecule has 0 amide bonds. The van der Waals surface area contributed by atoms with E-state index in [0.717, 1.165) is 5.56 Å². The fraction of sp³-hybridized carbons (Fsp3) is 0.625. The summed E-state index contributed by atoms with van der Waals surface area (Å²) >= 11 is 0. The summed E-state index contributed by atoms with van der Waals surface area (Å²) in [4.78, 5) is 0. The zero-order valence-corrected chi connectivity index (χ0v) is 12.7. The Labute approximate surface area is 112 Å². The second kappa shape index (κ2) is 5.02. The molecule has 1 aromatic rings. The molecule has 2 nitrogen and oxygen atoms in total. The van der Waals surface area contributed by atoms with Crippen LogP contribution in [0.1, 0.15) is 64.3 Å². The van der Waals surface area contributed by atoms with Crippen LogP contribution in [0.3, 0.4) is 0 Å². The molecule has 0 aliphatic heterocycles. The zero-order chi connectivity index (χ0) is 14.1. The van der Waals surface area contributed by atoms with Gasteiger partial charge < -0.3 is 11.5 Å². The Morgan fingerprint density at radius 1 is 0.889 bits per heavy atom. The largest absolute Gasteiger partial charge is 0.329 e. The minimum Gasteiger partial charge on any atom is -0.329 e. The first-order chi connectivity index (χ1) is 8.05. The molecule has 0 saturated carbocycles. The molecule has 0 spiro atoms. The van der Waals surface area contributed by atoms with Crippen molar-refractivity contribution in [1.82, 2.24) is 0 Å². The van der Waals surface area contributed by atoms with E-state index >= 15 is 0 Å². The van der Waals surface area contributed by atoms with Gasteiger partial charge in [0, 0.05) is 12.6 Å². The van der Waals surface area contributed by atoms with Crippen LogP contribution in [-0.2, 0) is 10.8 Å². The monoisotopic (exact) mass is 248 g/mol. The third kappa shape index (κ3) is 3.56. The van der Waals surface area contributed by atoms with Crippen LogP contribution in [0.5, 0.6) is 0 Å². The molecule has 1 aromatic carbocycles. The Morgan fingerprint density at radius 2 is 1.28 bits per heavy atom. The third-order valence-corrected chi connectivity index (χ3v) is 3.37. The second-order valence-electron chi connectivity index (χ2n) is 7.19. The van der Waals surface area contributed by atoms with E-state index in [1.807, 2.05) is 0 Å². The van der Waals surface area contributed by atoms with Gasteiger partial charge >= 0.3 is 0 Å². The van der Waals surface area contributed by atoms with Crippen LogP contribution < -0.4 is 11.5 Å². The van der Waals surface area contributed by atoms with Gasteiger partial charge in [0.15, 0.2) is 0 Å².